The summed E-state index contributed by atoms with van der Waals surface area (Å²) in [7, 11) is 0. The number of carbonyl (C=O) groups excluding carboxylic acids is 1. The van der Waals surface area contributed by atoms with Gasteiger partial charge in [-0.2, -0.15) is 11.3 Å². The van der Waals surface area contributed by atoms with E-state index in [1.165, 1.54) is 17.4 Å². The molecular formula is C12H8BrNO3S. The van der Waals surface area contributed by atoms with E-state index >= 15 is 0 Å². The van der Waals surface area contributed by atoms with Gasteiger partial charge in [0.15, 0.2) is 0 Å². The Labute approximate surface area is 115 Å². The molecule has 1 amide bonds. The van der Waals surface area contributed by atoms with Crippen LogP contribution in [0.4, 0.5) is 5.69 Å². The van der Waals surface area contributed by atoms with Gasteiger partial charge in [0.1, 0.15) is 0 Å². The minimum absolute atomic E-state index is 0.0572. The van der Waals surface area contributed by atoms with Crippen LogP contribution in [0, 0.1) is 0 Å². The molecule has 6 heteroatoms. The largest absolute Gasteiger partial charge is 0.478 e. The lowest BCUT2D eigenvalue weighted by molar-refractivity contribution is 0.0698. The Balaban J connectivity index is 2.31. The van der Waals surface area contributed by atoms with Crippen molar-refractivity contribution in [1.29, 1.82) is 0 Å². The number of carbonyl (C=O) groups is 2. The highest BCUT2D eigenvalue weighted by atomic mass is 79.9. The Morgan fingerprint density at radius 1 is 1.28 bits per heavy atom. The van der Waals surface area contributed by atoms with Crippen LogP contribution >= 0.6 is 27.3 Å². The number of hydrogen-bond acceptors (Lipinski definition) is 3. The van der Waals surface area contributed by atoms with Crippen LogP contribution in [-0.2, 0) is 0 Å². The van der Waals surface area contributed by atoms with Crippen LogP contribution in [0.2, 0.25) is 0 Å². The fourth-order valence-electron chi connectivity index (χ4n) is 1.39. The Kier molecular flexibility index (Phi) is 3.78. The van der Waals surface area contributed by atoms with Crippen LogP contribution in [-0.4, -0.2) is 17.0 Å². The van der Waals surface area contributed by atoms with E-state index in [1.807, 2.05) is 0 Å². The van der Waals surface area contributed by atoms with Gasteiger partial charge in [0.05, 0.1) is 16.8 Å². The van der Waals surface area contributed by atoms with Crippen LogP contribution in [0.1, 0.15) is 20.7 Å². The van der Waals surface area contributed by atoms with Gasteiger partial charge in [-0.25, -0.2) is 4.79 Å². The molecule has 0 fully saturated rings. The van der Waals surface area contributed by atoms with Gasteiger partial charge in [0.25, 0.3) is 5.91 Å². The molecule has 0 radical (unpaired) electrons. The van der Waals surface area contributed by atoms with Gasteiger partial charge < -0.3 is 10.4 Å². The average molecular weight is 326 g/mol. The number of thiophene rings is 1. The van der Waals surface area contributed by atoms with E-state index < -0.39 is 5.97 Å². The monoisotopic (exact) mass is 325 g/mol. The first kappa shape index (κ1) is 12.8. The predicted octanol–water partition coefficient (Wildman–Crippen LogP) is 3.46. The number of benzene rings is 1. The number of hydrogen-bond donors (Lipinski definition) is 2. The molecule has 2 rings (SSSR count). The van der Waals surface area contributed by atoms with Crippen molar-refractivity contribution in [2.75, 3.05) is 5.32 Å². The summed E-state index contributed by atoms with van der Waals surface area (Å²) in [5, 5.41) is 15.1. The van der Waals surface area contributed by atoms with Crippen LogP contribution < -0.4 is 5.32 Å². The number of carboxylic acids is 1. The zero-order valence-corrected chi connectivity index (χ0v) is 11.4. The van der Waals surface area contributed by atoms with Gasteiger partial charge >= 0.3 is 5.97 Å². The topological polar surface area (TPSA) is 66.4 Å². The van der Waals surface area contributed by atoms with Crippen LogP contribution in [0.5, 0.6) is 0 Å². The van der Waals surface area contributed by atoms with Gasteiger partial charge in [-0.15, -0.1) is 0 Å². The highest BCUT2D eigenvalue weighted by Crippen LogP contribution is 2.22. The van der Waals surface area contributed by atoms with Crippen molar-refractivity contribution >= 4 is 44.8 Å². The van der Waals surface area contributed by atoms with Crippen molar-refractivity contribution in [1.82, 2.24) is 0 Å². The Bertz CT molecular complexity index is 595. The van der Waals surface area contributed by atoms with Crippen LogP contribution in [0.25, 0.3) is 0 Å². The summed E-state index contributed by atoms with van der Waals surface area (Å²) in [4.78, 5) is 22.9. The average Bonchev–Trinajstić information content (AvgIpc) is 2.81. The van der Waals surface area contributed by atoms with E-state index in [4.69, 9.17) is 5.11 Å². The molecule has 4 nitrogen and oxygen atoms in total. The van der Waals surface area contributed by atoms with Gasteiger partial charge in [0.2, 0.25) is 0 Å². The van der Waals surface area contributed by atoms with Gasteiger partial charge in [-0.1, -0.05) is 15.9 Å². The molecule has 0 saturated heterocycles. The fourth-order valence-corrected chi connectivity index (χ4v) is 2.39. The highest BCUT2D eigenvalue weighted by molar-refractivity contribution is 9.10. The third-order valence-corrected chi connectivity index (χ3v) is 3.42. The number of halogens is 1. The first-order valence-corrected chi connectivity index (χ1v) is 6.68. The first-order chi connectivity index (χ1) is 8.58. The Hall–Kier alpha value is -1.66. The summed E-state index contributed by atoms with van der Waals surface area (Å²) in [5.74, 6) is -1.40. The SMILES string of the molecule is O=C(Nc1cc(Br)ccc1C(=O)O)c1ccsc1. The second-order valence-electron chi connectivity index (χ2n) is 3.46. The van der Waals surface area contributed by atoms with Crippen molar-refractivity contribution in [3.05, 3.63) is 50.6 Å². The number of anilines is 1. The standard InChI is InChI=1S/C12H8BrNO3S/c13-8-1-2-9(12(16)17)10(5-8)14-11(15)7-3-4-18-6-7/h1-6H,(H,14,15)(H,16,17). The Morgan fingerprint density at radius 3 is 2.67 bits per heavy atom. The molecule has 0 atom stereocenters. The number of amides is 1. The maximum atomic E-state index is 11.8. The molecule has 0 unspecified atom stereocenters. The van der Waals surface area contributed by atoms with Crippen molar-refractivity contribution in [2.24, 2.45) is 0 Å². The van der Waals surface area contributed by atoms with E-state index in [0.717, 1.165) is 0 Å². The van der Waals surface area contributed by atoms with Gasteiger partial charge in [-0.05, 0) is 29.6 Å². The molecule has 92 valence electrons. The minimum Gasteiger partial charge on any atom is -0.478 e. The third kappa shape index (κ3) is 2.77. The molecule has 2 N–H and O–H groups in total. The number of aromatic carboxylic acids is 1. The molecule has 2 aromatic rings. The first-order valence-electron chi connectivity index (χ1n) is 4.94. The lowest BCUT2D eigenvalue weighted by Crippen LogP contribution is -2.14. The lowest BCUT2D eigenvalue weighted by atomic mass is 10.1. The molecule has 0 saturated carbocycles. The summed E-state index contributed by atoms with van der Waals surface area (Å²) in [6.45, 7) is 0. The maximum Gasteiger partial charge on any atom is 0.337 e. The predicted molar refractivity (Wildman–Crippen MR) is 73.4 cm³/mol. The molecular weight excluding hydrogens is 318 g/mol. The zero-order chi connectivity index (χ0) is 13.1. The number of nitrogens with one attached hydrogen (secondary N) is 1. The smallest absolute Gasteiger partial charge is 0.337 e. The summed E-state index contributed by atoms with van der Waals surface area (Å²) in [6.07, 6.45) is 0. The third-order valence-electron chi connectivity index (χ3n) is 2.24. The van der Waals surface area contributed by atoms with Gasteiger partial charge in [-0.3, -0.25) is 4.79 Å². The molecule has 1 aromatic heterocycles. The molecule has 0 aliphatic carbocycles. The van der Waals surface area contributed by atoms with Crippen molar-refractivity contribution in [3.63, 3.8) is 0 Å². The fraction of sp³-hybridized carbons (Fsp3) is 0. The van der Waals surface area contributed by atoms with E-state index in [9.17, 15) is 9.59 Å². The van der Waals surface area contributed by atoms with E-state index in [1.54, 1.807) is 29.0 Å². The molecule has 1 heterocycles. The van der Waals surface area contributed by atoms with Crippen LogP contribution in [0.15, 0.2) is 39.5 Å². The summed E-state index contributed by atoms with van der Waals surface area (Å²) >= 11 is 4.65. The van der Waals surface area contributed by atoms with Crippen molar-refractivity contribution in [3.8, 4) is 0 Å². The second-order valence-corrected chi connectivity index (χ2v) is 5.16. The molecule has 18 heavy (non-hydrogen) atoms. The summed E-state index contributed by atoms with van der Waals surface area (Å²) in [6, 6.07) is 6.30. The quantitative estimate of drug-likeness (QED) is 0.908. The van der Waals surface area contributed by atoms with E-state index in [0.29, 0.717) is 10.0 Å². The van der Waals surface area contributed by atoms with Crippen LogP contribution in [0.3, 0.4) is 0 Å². The molecule has 0 bridgehead atoms. The summed E-state index contributed by atoms with van der Waals surface area (Å²) in [5.41, 5.74) is 0.839. The molecule has 0 spiro atoms. The van der Waals surface area contributed by atoms with E-state index in [2.05, 4.69) is 21.2 Å². The minimum atomic E-state index is -1.08. The molecule has 1 aromatic carbocycles. The molecule has 0 aliphatic rings. The van der Waals surface area contributed by atoms with Gasteiger partial charge in [0, 0.05) is 9.85 Å². The molecule has 0 aliphatic heterocycles. The summed E-state index contributed by atoms with van der Waals surface area (Å²) < 4.78 is 0.702. The normalized spacial score (nSPS) is 10.1. The maximum absolute atomic E-state index is 11.8. The van der Waals surface area contributed by atoms with Crippen molar-refractivity contribution in [2.45, 2.75) is 0 Å². The Morgan fingerprint density at radius 2 is 2.06 bits per heavy atom. The number of carboxylic acid groups (broad SMARTS) is 1. The van der Waals surface area contributed by atoms with E-state index in [-0.39, 0.29) is 17.2 Å². The highest BCUT2D eigenvalue weighted by Gasteiger charge is 2.14. The second kappa shape index (κ2) is 5.32. The lowest BCUT2D eigenvalue weighted by Gasteiger charge is -2.08. The zero-order valence-electron chi connectivity index (χ0n) is 9.01. The van der Waals surface area contributed by atoms with Crippen molar-refractivity contribution < 1.29 is 14.7 Å². The number of rotatable bonds is 3.